The van der Waals surface area contributed by atoms with Gasteiger partial charge in [-0.05, 0) is 75.7 Å². The summed E-state index contributed by atoms with van der Waals surface area (Å²) in [6.07, 6.45) is 5.85. The zero-order valence-electron chi connectivity index (χ0n) is 15.1. The van der Waals surface area contributed by atoms with E-state index in [1.165, 1.54) is 6.42 Å². The SMILES string of the molecule is CC1(C)C(=O)N(C2C3CC4CC(C3)CC2C4)C1c1cc(F)cc(F)c1F. The van der Waals surface area contributed by atoms with Crippen LogP contribution in [0.4, 0.5) is 13.2 Å². The molecule has 1 aromatic carbocycles. The number of hydrogen-bond donors (Lipinski definition) is 0. The van der Waals surface area contributed by atoms with Gasteiger partial charge in [-0.25, -0.2) is 13.2 Å². The quantitative estimate of drug-likeness (QED) is 0.544. The lowest BCUT2D eigenvalue weighted by Gasteiger charge is -2.64. The normalized spacial score (nSPS) is 40.0. The molecule has 0 N–H and O–H groups in total. The Bertz CT molecular complexity index is 762. The molecule has 1 aliphatic heterocycles. The van der Waals surface area contributed by atoms with E-state index >= 15 is 0 Å². The van der Waals surface area contributed by atoms with Crippen molar-refractivity contribution in [3.63, 3.8) is 0 Å². The van der Waals surface area contributed by atoms with Crippen LogP contribution < -0.4 is 0 Å². The Labute approximate surface area is 151 Å². The molecule has 4 saturated carbocycles. The van der Waals surface area contributed by atoms with Crippen LogP contribution in [-0.4, -0.2) is 16.8 Å². The van der Waals surface area contributed by atoms with Crippen molar-refractivity contribution in [3.05, 3.63) is 35.1 Å². The van der Waals surface area contributed by atoms with Gasteiger partial charge in [0.1, 0.15) is 5.82 Å². The molecule has 0 radical (unpaired) electrons. The minimum absolute atomic E-state index is 0.0101. The van der Waals surface area contributed by atoms with Gasteiger partial charge in [0, 0.05) is 17.7 Å². The number of carbonyl (C=O) groups is 1. The molecule has 2 nitrogen and oxygen atoms in total. The highest BCUT2D eigenvalue weighted by molar-refractivity contribution is 5.90. The first-order chi connectivity index (χ1) is 12.3. The van der Waals surface area contributed by atoms with E-state index in [0.29, 0.717) is 17.9 Å². The molecule has 1 heterocycles. The highest BCUT2D eigenvalue weighted by Gasteiger charge is 2.62. The van der Waals surface area contributed by atoms with Crippen LogP contribution in [0.25, 0.3) is 0 Å². The van der Waals surface area contributed by atoms with Crippen LogP contribution >= 0.6 is 0 Å². The van der Waals surface area contributed by atoms with E-state index in [9.17, 15) is 18.0 Å². The third-order valence-corrected chi connectivity index (χ3v) is 7.56. The topological polar surface area (TPSA) is 20.3 Å². The fourth-order valence-electron chi connectivity index (χ4n) is 6.82. The Morgan fingerprint density at radius 2 is 1.54 bits per heavy atom. The molecule has 140 valence electrons. The van der Waals surface area contributed by atoms with Crippen molar-refractivity contribution in [3.8, 4) is 0 Å². The molecule has 1 aromatic rings. The van der Waals surface area contributed by atoms with Gasteiger partial charge >= 0.3 is 0 Å². The number of halogens is 3. The van der Waals surface area contributed by atoms with Gasteiger partial charge in [0.2, 0.25) is 5.91 Å². The summed E-state index contributed by atoms with van der Waals surface area (Å²) in [5.74, 6) is -0.570. The Kier molecular flexibility index (Phi) is 3.37. The Hall–Kier alpha value is -1.52. The van der Waals surface area contributed by atoms with Crippen molar-refractivity contribution >= 4 is 5.91 Å². The highest BCUT2D eigenvalue weighted by atomic mass is 19.2. The summed E-state index contributed by atoms with van der Waals surface area (Å²) in [6, 6.07) is 1.14. The first kappa shape index (κ1) is 16.6. The van der Waals surface area contributed by atoms with Crippen molar-refractivity contribution < 1.29 is 18.0 Å². The molecule has 0 aromatic heterocycles. The largest absolute Gasteiger partial charge is 0.330 e. The molecule has 26 heavy (non-hydrogen) atoms. The number of likely N-dealkylation sites (tertiary alicyclic amines) is 1. The second kappa shape index (κ2) is 5.26. The van der Waals surface area contributed by atoms with Gasteiger partial charge in [-0.3, -0.25) is 4.79 Å². The summed E-state index contributed by atoms with van der Waals surface area (Å²) in [6.45, 7) is 3.52. The Balaban J connectivity index is 1.56. The Morgan fingerprint density at radius 3 is 2.12 bits per heavy atom. The van der Waals surface area contributed by atoms with Gasteiger partial charge in [0.05, 0.1) is 11.5 Å². The molecule has 1 saturated heterocycles. The van der Waals surface area contributed by atoms with E-state index in [4.69, 9.17) is 0 Å². The van der Waals surface area contributed by atoms with Crippen molar-refractivity contribution in [2.75, 3.05) is 0 Å². The van der Waals surface area contributed by atoms with E-state index in [2.05, 4.69) is 0 Å². The molecular weight excluding hydrogens is 339 g/mol. The van der Waals surface area contributed by atoms with Crippen LogP contribution in [-0.2, 0) is 4.79 Å². The predicted octanol–water partition coefficient (Wildman–Crippen LogP) is 4.84. The van der Waals surface area contributed by atoms with Gasteiger partial charge in [0.25, 0.3) is 0 Å². The van der Waals surface area contributed by atoms with E-state index in [-0.39, 0.29) is 17.5 Å². The maximum atomic E-state index is 14.5. The fourth-order valence-corrected chi connectivity index (χ4v) is 6.82. The van der Waals surface area contributed by atoms with Gasteiger partial charge in [-0.2, -0.15) is 0 Å². The molecule has 4 aliphatic carbocycles. The zero-order chi connectivity index (χ0) is 18.4. The van der Waals surface area contributed by atoms with Crippen molar-refractivity contribution in [2.24, 2.45) is 29.1 Å². The zero-order valence-corrected chi connectivity index (χ0v) is 15.1. The molecule has 1 amide bonds. The van der Waals surface area contributed by atoms with Crippen LogP contribution in [0.2, 0.25) is 0 Å². The summed E-state index contributed by atoms with van der Waals surface area (Å²) in [5, 5.41) is 0. The van der Waals surface area contributed by atoms with Gasteiger partial charge in [-0.1, -0.05) is 0 Å². The van der Waals surface area contributed by atoms with Gasteiger partial charge in [0.15, 0.2) is 11.6 Å². The second-order valence-electron chi connectivity index (χ2n) is 9.55. The lowest BCUT2D eigenvalue weighted by atomic mass is 9.52. The number of rotatable bonds is 2. The minimum Gasteiger partial charge on any atom is -0.330 e. The van der Waals surface area contributed by atoms with E-state index in [0.717, 1.165) is 43.6 Å². The number of benzene rings is 1. The maximum Gasteiger partial charge on any atom is 0.231 e. The molecular formula is C21H24F3NO. The third-order valence-electron chi connectivity index (χ3n) is 7.56. The molecule has 4 bridgehead atoms. The van der Waals surface area contributed by atoms with Crippen molar-refractivity contribution in [1.82, 2.24) is 4.90 Å². The average Bonchev–Trinajstić information content (AvgIpc) is 2.56. The van der Waals surface area contributed by atoms with E-state index in [1.807, 2.05) is 0 Å². The summed E-state index contributed by atoms with van der Waals surface area (Å²) in [7, 11) is 0. The lowest BCUT2D eigenvalue weighted by Crippen LogP contribution is -2.69. The number of amides is 1. The standard InChI is InChI=1S/C21H24F3NO/c1-21(2)19(15-8-14(22)9-16(23)17(15)24)25(20(21)26)18-12-4-10-3-11(6-12)7-13(18)5-10/h8-13,18-19H,3-7H2,1-2H3. The molecule has 1 atom stereocenters. The first-order valence-electron chi connectivity index (χ1n) is 9.74. The van der Waals surface area contributed by atoms with Gasteiger partial charge < -0.3 is 4.90 Å². The van der Waals surface area contributed by atoms with Crippen molar-refractivity contribution in [2.45, 2.75) is 58.0 Å². The molecule has 1 unspecified atom stereocenters. The smallest absolute Gasteiger partial charge is 0.231 e. The number of hydrogen-bond acceptors (Lipinski definition) is 1. The number of carbonyl (C=O) groups excluding carboxylic acids is 1. The third kappa shape index (κ3) is 2.09. The van der Waals surface area contributed by atoms with Crippen LogP contribution in [0.15, 0.2) is 12.1 Å². The summed E-state index contributed by atoms with van der Waals surface area (Å²) >= 11 is 0. The minimum atomic E-state index is -1.18. The van der Waals surface area contributed by atoms with Crippen LogP contribution in [0.3, 0.4) is 0 Å². The summed E-state index contributed by atoms with van der Waals surface area (Å²) in [5.41, 5.74) is -0.851. The second-order valence-corrected chi connectivity index (χ2v) is 9.55. The molecule has 6 rings (SSSR count). The summed E-state index contributed by atoms with van der Waals surface area (Å²) in [4.78, 5) is 14.8. The van der Waals surface area contributed by atoms with Crippen molar-refractivity contribution in [1.29, 1.82) is 0 Å². The monoisotopic (exact) mass is 363 g/mol. The van der Waals surface area contributed by atoms with E-state index in [1.54, 1.807) is 18.7 Å². The maximum absolute atomic E-state index is 14.5. The van der Waals surface area contributed by atoms with Crippen LogP contribution in [0, 0.1) is 46.5 Å². The molecule has 0 spiro atoms. The lowest BCUT2D eigenvalue weighted by molar-refractivity contribution is -0.192. The van der Waals surface area contributed by atoms with E-state index < -0.39 is 28.9 Å². The number of β-lactam (4-membered cyclic amide) rings is 1. The predicted molar refractivity (Wildman–Crippen MR) is 90.5 cm³/mol. The fraction of sp³-hybridized carbons (Fsp3) is 0.667. The average molecular weight is 363 g/mol. The number of nitrogens with zero attached hydrogens (tertiary/aromatic N) is 1. The molecule has 5 aliphatic rings. The van der Waals surface area contributed by atoms with Crippen LogP contribution in [0.5, 0.6) is 0 Å². The molecule has 5 fully saturated rings. The highest BCUT2D eigenvalue weighted by Crippen LogP contribution is 2.61. The van der Waals surface area contributed by atoms with Gasteiger partial charge in [-0.15, -0.1) is 0 Å². The molecule has 5 heteroatoms. The first-order valence-corrected chi connectivity index (χ1v) is 9.74. The Morgan fingerprint density at radius 1 is 0.962 bits per heavy atom. The summed E-state index contributed by atoms with van der Waals surface area (Å²) < 4.78 is 42.2. The van der Waals surface area contributed by atoms with Crippen LogP contribution in [0.1, 0.15) is 57.6 Å².